The molecule has 0 heterocycles. The molecule has 0 bridgehead atoms. The van der Waals surface area contributed by atoms with Gasteiger partial charge in [-0.25, -0.2) is 0 Å². The van der Waals surface area contributed by atoms with E-state index in [0.717, 1.165) is 19.3 Å². The summed E-state index contributed by atoms with van der Waals surface area (Å²) < 4.78 is 0. The number of aliphatic carboxylic acids is 1. The van der Waals surface area contributed by atoms with Gasteiger partial charge in [0.1, 0.15) is 0 Å². The first-order valence-electron chi connectivity index (χ1n) is 6.68. The van der Waals surface area contributed by atoms with Crippen LogP contribution in [-0.4, -0.2) is 23.5 Å². The molecule has 1 aliphatic rings. The fourth-order valence-electron chi connectivity index (χ4n) is 2.17. The van der Waals surface area contributed by atoms with Gasteiger partial charge in [-0.2, -0.15) is 0 Å². The van der Waals surface area contributed by atoms with E-state index in [1.165, 1.54) is 12.0 Å². The molecular formula is C14H23NO3. The van der Waals surface area contributed by atoms with Crippen LogP contribution in [-0.2, 0) is 9.59 Å². The monoisotopic (exact) mass is 253 g/mol. The third-order valence-corrected chi connectivity index (χ3v) is 3.41. The summed E-state index contributed by atoms with van der Waals surface area (Å²) in [5.41, 5.74) is 1.19. The minimum absolute atomic E-state index is 0.0247. The molecule has 1 unspecified atom stereocenters. The summed E-state index contributed by atoms with van der Waals surface area (Å²) in [7, 11) is 0. The second-order valence-corrected chi connectivity index (χ2v) is 5.28. The number of amides is 1. The van der Waals surface area contributed by atoms with E-state index in [1.54, 1.807) is 0 Å². The van der Waals surface area contributed by atoms with Gasteiger partial charge in [-0.3, -0.25) is 9.59 Å². The quantitative estimate of drug-likeness (QED) is 0.714. The predicted octanol–water partition coefficient (Wildman–Crippen LogP) is 2.35. The Morgan fingerprint density at radius 1 is 1.39 bits per heavy atom. The molecular weight excluding hydrogens is 230 g/mol. The van der Waals surface area contributed by atoms with Crippen LogP contribution >= 0.6 is 0 Å². The molecule has 18 heavy (non-hydrogen) atoms. The van der Waals surface area contributed by atoms with E-state index in [4.69, 9.17) is 5.11 Å². The standard InChI is InChI=1S/C14H23NO3/c1-10(2)12(14(17)18)9-15-13(16)8-11-6-4-3-5-7-11/h6,10,12H,3-5,7-9H2,1-2H3,(H,15,16)(H,17,18). The van der Waals surface area contributed by atoms with Crippen LogP contribution in [0.15, 0.2) is 11.6 Å². The van der Waals surface area contributed by atoms with Crippen molar-refractivity contribution in [3.8, 4) is 0 Å². The minimum atomic E-state index is -0.845. The number of rotatable bonds is 6. The second kappa shape index (κ2) is 7.19. The number of carboxylic acid groups (broad SMARTS) is 1. The zero-order valence-electron chi connectivity index (χ0n) is 11.2. The van der Waals surface area contributed by atoms with Gasteiger partial charge < -0.3 is 10.4 Å². The summed E-state index contributed by atoms with van der Waals surface area (Å²) >= 11 is 0. The molecule has 1 rings (SSSR count). The normalized spacial score (nSPS) is 17.2. The lowest BCUT2D eigenvalue weighted by molar-refractivity contribution is -0.143. The number of carboxylic acids is 1. The maximum Gasteiger partial charge on any atom is 0.308 e. The molecule has 0 aromatic heterocycles. The second-order valence-electron chi connectivity index (χ2n) is 5.28. The van der Waals surface area contributed by atoms with Crippen molar-refractivity contribution in [2.45, 2.75) is 46.0 Å². The molecule has 1 aliphatic carbocycles. The van der Waals surface area contributed by atoms with Crippen LogP contribution in [0.2, 0.25) is 0 Å². The molecule has 4 nitrogen and oxygen atoms in total. The highest BCUT2D eigenvalue weighted by Gasteiger charge is 2.22. The van der Waals surface area contributed by atoms with Gasteiger partial charge in [-0.05, 0) is 31.6 Å². The molecule has 0 radical (unpaired) electrons. The van der Waals surface area contributed by atoms with Crippen LogP contribution < -0.4 is 5.32 Å². The number of allylic oxidation sites excluding steroid dienone is 1. The molecule has 0 aromatic rings. The van der Waals surface area contributed by atoms with Crippen LogP contribution in [0.1, 0.15) is 46.0 Å². The van der Waals surface area contributed by atoms with Crippen molar-refractivity contribution in [1.29, 1.82) is 0 Å². The number of carbonyl (C=O) groups excluding carboxylic acids is 1. The lowest BCUT2D eigenvalue weighted by Crippen LogP contribution is -2.35. The van der Waals surface area contributed by atoms with Crippen LogP contribution in [0.25, 0.3) is 0 Å². The molecule has 1 amide bonds. The van der Waals surface area contributed by atoms with Gasteiger partial charge in [-0.15, -0.1) is 0 Å². The van der Waals surface area contributed by atoms with Gasteiger partial charge in [0.25, 0.3) is 0 Å². The van der Waals surface area contributed by atoms with Crippen molar-refractivity contribution in [3.63, 3.8) is 0 Å². The summed E-state index contributed by atoms with van der Waals surface area (Å²) in [5.74, 6) is -1.39. The highest BCUT2D eigenvalue weighted by atomic mass is 16.4. The zero-order chi connectivity index (χ0) is 13.5. The highest BCUT2D eigenvalue weighted by molar-refractivity contribution is 5.79. The molecule has 4 heteroatoms. The average Bonchev–Trinajstić information content (AvgIpc) is 2.29. The Morgan fingerprint density at radius 3 is 2.61 bits per heavy atom. The smallest absolute Gasteiger partial charge is 0.308 e. The van der Waals surface area contributed by atoms with Crippen molar-refractivity contribution in [3.05, 3.63) is 11.6 Å². The zero-order valence-corrected chi connectivity index (χ0v) is 11.2. The van der Waals surface area contributed by atoms with Crippen molar-refractivity contribution in [2.75, 3.05) is 6.54 Å². The summed E-state index contributed by atoms with van der Waals surface area (Å²) in [5, 5.41) is 11.7. The Hall–Kier alpha value is -1.32. The van der Waals surface area contributed by atoms with E-state index in [-0.39, 0.29) is 18.4 Å². The Balaban J connectivity index is 2.35. The molecule has 0 aliphatic heterocycles. The molecule has 102 valence electrons. The van der Waals surface area contributed by atoms with Gasteiger partial charge in [-0.1, -0.05) is 25.5 Å². The Kier molecular flexibility index (Phi) is 5.89. The van der Waals surface area contributed by atoms with E-state index in [0.29, 0.717) is 6.42 Å². The third kappa shape index (κ3) is 4.90. The molecule has 0 spiro atoms. The van der Waals surface area contributed by atoms with E-state index in [2.05, 4.69) is 11.4 Å². The van der Waals surface area contributed by atoms with Gasteiger partial charge in [0.2, 0.25) is 5.91 Å². The summed E-state index contributed by atoms with van der Waals surface area (Å²) in [4.78, 5) is 22.7. The molecule has 0 saturated carbocycles. The first kappa shape index (κ1) is 14.7. The third-order valence-electron chi connectivity index (χ3n) is 3.41. The minimum Gasteiger partial charge on any atom is -0.481 e. The lowest BCUT2D eigenvalue weighted by Gasteiger charge is -2.17. The van der Waals surface area contributed by atoms with Crippen molar-refractivity contribution >= 4 is 11.9 Å². The fraction of sp³-hybridized carbons (Fsp3) is 0.714. The Labute approximate surface area is 108 Å². The van der Waals surface area contributed by atoms with Crippen LogP contribution in [0, 0.1) is 11.8 Å². The van der Waals surface area contributed by atoms with E-state index < -0.39 is 11.9 Å². The van der Waals surface area contributed by atoms with E-state index in [1.807, 2.05) is 13.8 Å². The first-order valence-corrected chi connectivity index (χ1v) is 6.68. The van der Waals surface area contributed by atoms with Gasteiger partial charge in [0, 0.05) is 13.0 Å². The largest absolute Gasteiger partial charge is 0.481 e. The number of nitrogens with one attached hydrogen (secondary N) is 1. The van der Waals surface area contributed by atoms with Crippen LogP contribution in [0.5, 0.6) is 0 Å². The predicted molar refractivity (Wildman–Crippen MR) is 70.1 cm³/mol. The number of hydrogen-bond acceptors (Lipinski definition) is 2. The van der Waals surface area contributed by atoms with Crippen molar-refractivity contribution in [2.24, 2.45) is 11.8 Å². The lowest BCUT2D eigenvalue weighted by atomic mass is 9.95. The van der Waals surface area contributed by atoms with Crippen LogP contribution in [0.3, 0.4) is 0 Å². The first-order chi connectivity index (χ1) is 8.50. The molecule has 0 aromatic carbocycles. The van der Waals surface area contributed by atoms with Crippen molar-refractivity contribution < 1.29 is 14.7 Å². The number of hydrogen-bond donors (Lipinski definition) is 2. The molecule has 0 saturated heterocycles. The molecule has 2 N–H and O–H groups in total. The van der Waals surface area contributed by atoms with Crippen molar-refractivity contribution in [1.82, 2.24) is 5.32 Å². The summed E-state index contributed by atoms with van der Waals surface area (Å²) in [6.45, 7) is 3.93. The summed E-state index contributed by atoms with van der Waals surface area (Å²) in [6, 6.07) is 0. The van der Waals surface area contributed by atoms with Gasteiger partial charge in [0.15, 0.2) is 0 Å². The van der Waals surface area contributed by atoms with Crippen LogP contribution in [0.4, 0.5) is 0 Å². The van der Waals surface area contributed by atoms with Gasteiger partial charge in [0.05, 0.1) is 5.92 Å². The molecule has 0 fully saturated rings. The Morgan fingerprint density at radius 2 is 2.11 bits per heavy atom. The molecule has 1 atom stereocenters. The van der Waals surface area contributed by atoms with E-state index >= 15 is 0 Å². The average molecular weight is 253 g/mol. The Bertz CT molecular complexity index is 334. The van der Waals surface area contributed by atoms with E-state index in [9.17, 15) is 9.59 Å². The fourth-order valence-corrected chi connectivity index (χ4v) is 2.17. The highest BCUT2D eigenvalue weighted by Crippen LogP contribution is 2.19. The number of carbonyl (C=O) groups is 2. The maximum absolute atomic E-state index is 11.7. The SMILES string of the molecule is CC(C)C(CNC(=O)CC1=CCCCC1)C(=O)O. The van der Waals surface area contributed by atoms with Gasteiger partial charge >= 0.3 is 5.97 Å². The maximum atomic E-state index is 11.7. The topological polar surface area (TPSA) is 66.4 Å². The summed E-state index contributed by atoms with van der Waals surface area (Å²) in [6.07, 6.45) is 6.99.